The minimum atomic E-state index is -0.413. The van der Waals surface area contributed by atoms with Crippen molar-refractivity contribution in [2.45, 2.75) is 32.8 Å². The van der Waals surface area contributed by atoms with Gasteiger partial charge in [0.2, 0.25) is 5.78 Å². The van der Waals surface area contributed by atoms with Crippen LogP contribution in [0.2, 0.25) is 0 Å². The number of halogens is 1. The maximum Gasteiger partial charge on any atom is 0.411 e. The molecule has 3 aliphatic rings. The second-order valence-corrected chi connectivity index (χ2v) is 8.62. The fourth-order valence-electron chi connectivity index (χ4n) is 4.62. The van der Waals surface area contributed by atoms with Gasteiger partial charge < -0.3 is 30.9 Å². The molecule has 184 valence electrons. The lowest BCUT2D eigenvalue weighted by atomic mass is 9.83. The second-order valence-electron chi connectivity index (χ2n) is 8.62. The number of nitrogens with zero attached hydrogens (tertiary/aromatic N) is 1. The zero-order chi connectivity index (χ0) is 23.7. The minimum absolute atomic E-state index is 0. The van der Waals surface area contributed by atoms with Crippen molar-refractivity contribution in [1.82, 2.24) is 0 Å². The van der Waals surface area contributed by atoms with Gasteiger partial charge >= 0.3 is 12.1 Å². The Balaban J connectivity index is 0.000000270. The quantitative estimate of drug-likeness (QED) is 0.344. The van der Waals surface area contributed by atoms with Crippen LogP contribution in [0.25, 0.3) is 0 Å². The molecule has 2 aromatic carbocycles. The Bertz CT molecular complexity index is 931. The Morgan fingerprint density at radius 3 is 2.12 bits per heavy atom. The monoisotopic (exact) mass is 532 g/mol. The molecule has 3 aliphatic heterocycles. The first-order valence-electron chi connectivity index (χ1n) is 11.5. The van der Waals surface area contributed by atoms with E-state index < -0.39 is 6.09 Å². The molecule has 1 N–H and O–H groups in total. The number of ether oxygens (including phenoxy) is 2. The van der Waals surface area contributed by atoms with E-state index in [9.17, 15) is 14.4 Å². The van der Waals surface area contributed by atoms with E-state index in [0.717, 1.165) is 48.2 Å². The van der Waals surface area contributed by atoms with Crippen molar-refractivity contribution in [3.8, 4) is 0 Å². The lowest BCUT2D eigenvalue weighted by Crippen LogP contribution is -3.00. The van der Waals surface area contributed by atoms with E-state index in [1.54, 1.807) is 19.1 Å². The molecule has 0 saturated carbocycles. The first-order valence-corrected chi connectivity index (χ1v) is 11.5. The van der Waals surface area contributed by atoms with Crippen LogP contribution in [0.4, 0.5) is 10.5 Å². The van der Waals surface area contributed by atoms with Crippen molar-refractivity contribution >= 4 is 23.5 Å². The number of ketones is 1. The third-order valence-electron chi connectivity index (χ3n) is 6.23. The van der Waals surface area contributed by atoms with Gasteiger partial charge in [-0.25, -0.2) is 4.79 Å². The van der Waals surface area contributed by atoms with Crippen LogP contribution in [0, 0.1) is 5.92 Å². The summed E-state index contributed by atoms with van der Waals surface area (Å²) in [5.41, 5.74) is 1.53. The van der Waals surface area contributed by atoms with Crippen molar-refractivity contribution < 1.29 is 45.3 Å². The average Bonchev–Trinajstić information content (AvgIpc) is 2.81. The highest BCUT2D eigenvalue weighted by Crippen LogP contribution is 2.35. The number of para-hydroxylation sites is 1. The number of hydrogen-bond donors (Lipinski definition) is 1. The van der Waals surface area contributed by atoms with Gasteiger partial charge in [-0.15, -0.1) is 0 Å². The molecule has 7 nitrogen and oxygen atoms in total. The summed E-state index contributed by atoms with van der Waals surface area (Å²) >= 11 is 0. The van der Waals surface area contributed by atoms with Crippen molar-refractivity contribution in [2.24, 2.45) is 5.92 Å². The summed E-state index contributed by atoms with van der Waals surface area (Å²) in [6, 6.07) is 18.7. The number of fused-ring (bicyclic) bond motifs is 3. The maximum atomic E-state index is 12.5. The average molecular weight is 533 g/mol. The van der Waals surface area contributed by atoms with E-state index in [1.165, 1.54) is 6.92 Å². The van der Waals surface area contributed by atoms with Gasteiger partial charge in [-0.05, 0) is 19.1 Å². The summed E-state index contributed by atoms with van der Waals surface area (Å²) in [6.07, 6.45) is 1.69. The Kier molecular flexibility index (Phi) is 10.7. The van der Waals surface area contributed by atoms with E-state index in [0.29, 0.717) is 19.1 Å². The normalized spacial score (nSPS) is 22.3. The molecule has 2 aromatic rings. The van der Waals surface area contributed by atoms with Crippen LogP contribution in [0.5, 0.6) is 0 Å². The number of piperidine rings is 3. The predicted molar refractivity (Wildman–Crippen MR) is 126 cm³/mol. The number of hydrogen-bond acceptors (Lipinski definition) is 5. The third-order valence-corrected chi connectivity index (χ3v) is 6.23. The highest BCUT2D eigenvalue weighted by atomic mass is 79.9. The van der Waals surface area contributed by atoms with Crippen LogP contribution in [0.15, 0.2) is 60.7 Å². The molecule has 3 fully saturated rings. The molecule has 0 aromatic heterocycles. The van der Waals surface area contributed by atoms with Crippen LogP contribution in [-0.2, 0) is 14.3 Å². The van der Waals surface area contributed by atoms with Gasteiger partial charge in [-0.2, -0.15) is 0 Å². The van der Waals surface area contributed by atoms with Gasteiger partial charge in [-0.1, -0.05) is 48.5 Å². The number of amides is 1. The standard InChI is InChI=1S/C17H22NO3.C9H11NO2.BrH/c1-13(19)21-17-12-18(9-7-15(17)8-10-18)11-16(20)14-5-3-2-4-6-14;1-2-12-9(11)10-8-6-4-3-5-7-8;/h2-6,15,17H,7-12H2,1H3;3-7H,2H2,1H3,(H,10,11);1H/q+1;;/p-1/t15?,17-,18?;;/m0../s1. The van der Waals surface area contributed by atoms with Gasteiger partial charge in [0.25, 0.3) is 0 Å². The van der Waals surface area contributed by atoms with Crippen LogP contribution < -0.4 is 22.3 Å². The van der Waals surface area contributed by atoms with Gasteiger partial charge in [-0.3, -0.25) is 14.9 Å². The Morgan fingerprint density at radius 1 is 0.971 bits per heavy atom. The van der Waals surface area contributed by atoms with Gasteiger partial charge in [0, 0.05) is 36.9 Å². The Labute approximate surface area is 211 Å². The van der Waals surface area contributed by atoms with E-state index in [2.05, 4.69) is 5.32 Å². The topological polar surface area (TPSA) is 81.7 Å². The molecule has 0 aliphatic carbocycles. The van der Waals surface area contributed by atoms with Crippen molar-refractivity contribution in [3.05, 3.63) is 66.2 Å². The lowest BCUT2D eigenvalue weighted by molar-refractivity contribution is -0.938. The zero-order valence-electron chi connectivity index (χ0n) is 19.7. The molecular weight excluding hydrogens is 500 g/mol. The smallest absolute Gasteiger partial charge is 0.411 e. The number of benzene rings is 2. The van der Waals surface area contributed by atoms with Crippen LogP contribution in [0.3, 0.4) is 0 Å². The van der Waals surface area contributed by atoms with Gasteiger partial charge in [0.05, 0.1) is 19.7 Å². The van der Waals surface area contributed by atoms with Crippen LogP contribution >= 0.6 is 0 Å². The highest BCUT2D eigenvalue weighted by Gasteiger charge is 2.48. The summed E-state index contributed by atoms with van der Waals surface area (Å²) in [7, 11) is 0. The summed E-state index contributed by atoms with van der Waals surface area (Å²) in [6.45, 7) is 7.00. The predicted octanol–water partition coefficient (Wildman–Crippen LogP) is 1.30. The minimum Gasteiger partial charge on any atom is -1.00 e. The number of Topliss-reactive ketones (excluding diaryl/α,β-unsaturated/α-hetero) is 1. The molecule has 0 unspecified atom stereocenters. The maximum absolute atomic E-state index is 12.5. The number of nitrogens with one attached hydrogen (secondary N) is 1. The SMILES string of the molecule is CC(=O)O[C@H]1C[N+]2(CC(=O)c3ccccc3)CCC1CC2.CCOC(=O)Nc1ccccc1.[Br-]. The molecule has 34 heavy (non-hydrogen) atoms. The summed E-state index contributed by atoms with van der Waals surface area (Å²) < 4.78 is 10.9. The Hall–Kier alpha value is -2.71. The number of carbonyl (C=O) groups excluding carboxylic acids is 3. The van der Waals surface area contributed by atoms with Gasteiger partial charge in [0.15, 0.2) is 6.10 Å². The van der Waals surface area contributed by atoms with Gasteiger partial charge in [0.1, 0.15) is 13.1 Å². The molecule has 1 atom stereocenters. The summed E-state index contributed by atoms with van der Waals surface area (Å²) in [5.74, 6) is 0.472. The van der Waals surface area contributed by atoms with E-state index in [-0.39, 0.29) is 34.8 Å². The molecule has 1 amide bonds. The number of quaternary nitrogens is 1. The molecule has 5 rings (SSSR count). The first-order chi connectivity index (χ1) is 15.9. The van der Waals surface area contributed by atoms with E-state index >= 15 is 0 Å². The lowest BCUT2D eigenvalue weighted by Gasteiger charge is -2.51. The van der Waals surface area contributed by atoms with E-state index in [4.69, 9.17) is 9.47 Å². The second kappa shape index (κ2) is 13.2. The summed E-state index contributed by atoms with van der Waals surface area (Å²) in [4.78, 5) is 34.6. The molecule has 8 heteroatoms. The number of esters is 1. The van der Waals surface area contributed by atoms with E-state index in [1.807, 2.05) is 48.5 Å². The molecule has 0 spiro atoms. The zero-order valence-corrected chi connectivity index (χ0v) is 21.3. The number of anilines is 1. The highest BCUT2D eigenvalue weighted by molar-refractivity contribution is 5.97. The largest absolute Gasteiger partial charge is 1.00 e. The molecule has 0 radical (unpaired) electrons. The fourth-order valence-corrected chi connectivity index (χ4v) is 4.62. The Morgan fingerprint density at radius 2 is 1.56 bits per heavy atom. The molecule has 3 heterocycles. The van der Waals surface area contributed by atoms with Crippen LogP contribution in [-0.4, -0.2) is 61.2 Å². The van der Waals surface area contributed by atoms with Crippen molar-refractivity contribution in [3.63, 3.8) is 0 Å². The molecule has 3 saturated heterocycles. The number of carbonyl (C=O) groups is 3. The van der Waals surface area contributed by atoms with Crippen molar-refractivity contribution in [2.75, 3.05) is 38.1 Å². The van der Waals surface area contributed by atoms with Crippen molar-refractivity contribution in [1.29, 1.82) is 0 Å². The van der Waals surface area contributed by atoms with Crippen LogP contribution in [0.1, 0.15) is 37.0 Å². The first kappa shape index (κ1) is 27.5. The third kappa shape index (κ3) is 7.95. The number of rotatable bonds is 6. The molecule has 2 bridgehead atoms. The molecular formula is C26H33BrN2O5. The summed E-state index contributed by atoms with van der Waals surface area (Å²) in [5, 5.41) is 2.58. The fraction of sp³-hybridized carbons (Fsp3) is 0.423.